The third-order valence-corrected chi connectivity index (χ3v) is 2.03. The average Bonchev–Trinajstić information content (AvgIpc) is 2.27. The van der Waals surface area contributed by atoms with Crippen LogP contribution in [0, 0.1) is 0 Å². The molecule has 0 aromatic heterocycles. The van der Waals surface area contributed by atoms with Crippen LogP contribution in [0.4, 0.5) is 13.2 Å². The number of carbonyl (C=O) groups excluding carboxylic acids is 1. The van der Waals surface area contributed by atoms with Crippen molar-refractivity contribution in [2.45, 2.75) is 12.6 Å². The van der Waals surface area contributed by atoms with Crippen LogP contribution in [0.5, 0.6) is 0 Å². The Bertz CT molecular complexity index is 456. The molecule has 0 heterocycles. The van der Waals surface area contributed by atoms with E-state index in [9.17, 15) is 22.8 Å². The fourth-order valence-electron chi connectivity index (χ4n) is 1.21. The van der Waals surface area contributed by atoms with Crippen molar-refractivity contribution in [2.24, 2.45) is 0 Å². The molecule has 0 saturated carbocycles. The topological polar surface area (TPSA) is 75.6 Å². The zero-order valence-electron chi connectivity index (χ0n) is 9.53. The molecule has 1 amide bonds. The minimum absolute atomic E-state index is 0.211. The Hall–Kier alpha value is -2.09. The maximum absolute atomic E-state index is 12.3. The summed E-state index contributed by atoms with van der Waals surface area (Å²) in [6.45, 7) is -0.696. The molecule has 0 aliphatic heterocycles. The maximum Gasteiger partial charge on any atom is 0.416 e. The van der Waals surface area contributed by atoms with Gasteiger partial charge in [-0.2, -0.15) is 13.2 Å². The van der Waals surface area contributed by atoms with Crippen LogP contribution in [-0.2, 0) is 27.0 Å². The van der Waals surface area contributed by atoms with Crippen LogP contribution in [0.2, 0.25) is 0 Å². The first kappa shape index (κ1) is 15.0. The standard InChI is InChI=1S/C11H10F3NO4/c12-11(13,14)8-3-1-7(2-4-8)5-9(16)15-19-6-10(17)18/h1-4H,5-6H2,(H,15,16)(H,17,18). The van der Waals surface area contributed by atoms with Crippen LogP contribution in [0.1, 0.15) is 11.1 Å². The molecule has 1 aromatic rings. The van der Waals surface area contributed by atoms with E-state index in [2.05, 4.69) is 4.84 Å². The summed E-state index contributed by atoms with van der Waals surface area (Å²) in [4.78, 5) is 25.6. The van der Waals surface area contributed by atoms with E-state index in [1.165, 1.54) is 12.1 Å². The Labute approximate surface area is 105 Å². The quantitative estimate of drug-likeness (QED) is 0.797. The first-order valence-corrected chi connectivity index (χ1v) is 5.07. The summed E-state index contributed by atoms with van der Waals surface area (Å²) >= 11 is 0. The highest BCUT2D eigenvalue weighted by atomic mass is 19.4. The summed E-state index contributed by atoms with van der Waals surface area (Å²) in [5, 5.41) is 8.24. The minimum Gasteiger partial charge on any atom is -0.479 e. The highest BCUT2D eigenvalue weighted by molar-refractivity contribution is 5.77. The molecule has 1 rings (SSSR count). The Kier molecular flexibility index (Phi) is 4.87. The normalized spacial score (nSPS) is 11.1. The lowest BCUT2D eigenvalue weighted by Crippen LogP contribution is -2.27. The maximum atomic E-state index is 12.3. The van der Waals surface area contributed by atoms with Gasteiger partial charge in [0.05, 0.1) is 12.0 Å². The SMILES string of the molecule is O=C(O)CONC(=O)Cc1ccc(C(F)(F)F)cc1. The second kappa shape index (κ2) is 6.19. The molecule has 1 aromatic carbocycles. The van der Waals surface area contributed by atoms with Gasteiger partial charge in [-0.25, -0.2) is 10.3 Å². The van der Waals surface area contributed by atoms with Crippen molar-refractivity contribution in [2.75, 3.05) is 6.61 Å². The van der Waals surface area contributed by atoms with Crippen LogP contribution < -0.4 is 5.48 Å². The summed E-state index contributed by atoms with van der Waals surface area (Å²) in [5.41, 5.74) is 1.41. The number of hydroxylamine groups is 1. The second-order valence-corrected chi connectivity index (χ2v) is 3.58. The van der Waals surface area contributed by atoms with Gasteiger partial charge in [0.25, 0.3) is 0 Å². The minimum atomic E-state index is -4.43. The van der Waals surface area contributed by atoms with E-state index >= 15 is 0 Å². The monoisotopic (exact) mass is 277 g/mol. The molecular formula is C11H10F3NO4. The molecule has 8 heteroatoms. The molecule has 0 spiro atoms. The first-order valence-electron chi connectivity index (χ1n) is 5.07. The third kappa shape index (κ3) is 5.38. The molecule has 5 nitrogen and oxygen atoms in total. The van der Waals surface area contributed by atoms with Gasteiger partial charge in [0.2, 0.25) is 5.91 Å². The van der Waals surface area contributed by atoms with E-state index in [4.69, 9.17) is 5.11 Å². The fraction of sp³-hybridized carbons (Fsp3) is 0.273. The number of nitrogens with one attached hydrogen (secondary N) is 1. The largest absolute Gasteiger partial charge is 0.479 e. The van der Waals surface area contributed by atoms with Gasteiger partial charge in [-0.3, -0.25) is 9.63 Å². The lowest BCUT2D eigenvalue weighted by Gasteiger charge is -2.07. The van der Waals surface area contributed by atoms with Crippen molar-refractivity contribution in [1.29, 1.82) is 0 Å². The van der Waals surface area contributed by atoms with Gasteiger partial charge in [0.15, 0.2) is 6.61 Å². The summed E-state index contributed by atoms with van der Waals surface area (Å²) in [7, 11) is 0. The number of aliphatic carboxylic acids is 1. The van der Waals surface area contributed by atoms with Gasteiger partial charge in [-0.1, -0.05) is 12.1 Å². The first-order chi connectivity index (χ1) is 8.79. The van der Waals surface area contributed by atoms with Crippen molar-refractivity contribution in [3.63, 3.8) is 0 Å². The second-order valence-electron chi connectivity index (χ2n) is 3.58. The smallest absolute Gasteiger partial charge is 0.416 e. The molecule has 0 saturated heterocycles. The van der Waals surface area contributed by atoms with Crippen LogP contribution in [0.15, 0.2) is 24.3 Å². The van der Waals surface area contributed by atoms with Crippen molar-refractivity contribution in [3.05, 3.63) is 35.4 Å². The Morgan fingerprint density at radius 1 is 1.21 bits per heavy atom. The van der Waals surface area contributed by atoms with E-state index in [0.29, 0.717) is 5.56 Å². The highest BCUT2D eigenvalue weighted by Gasteiger charge is 2.29. The highest BCUT2D eigenvalue weighted by Crippen LogP contribution is 2.29. The molecule has 19 heavy (non-hydrogen) atoms. The molecule has 104 valence electrons. The van der Waals surface area contributed by atoms with E-state index in [0.717, 1.165) is 12.1 Å². The van der Waals surface area contributed by atoms with E-state index in [-0.39, 0.29) is 6.42 Å². The molecule has 0 aliphatic rings. The number of benzene rings is 1. The van der Waals surface area contributed by atoms with Crippen LogP contribution in [-0.4, -0.2) is 23.6 Å². The zero-order valence-corrected chi connectivity index (χ0v) is 9.53. The van der Waals surface area contributed by atoms with Crippen molar-refractivity contribution in [1.82, 2.24) is 5.48 Å². The van der Waals surface area contributed by atoms with Gasteiger partial charge >= 0.3 is 12.1 Å². The summed E-state index contributed by atoms with van der Waals surface area (Å²) < 4.78 is 36.8. The van der Waals surface area contributed by atoms with Gasteiger partial charge in [0.1, 0.15) is 0 Å². The Morgan fingerprint density at radius 3 is 2.26 bits per heavy atom. The summed E-state index contributed by atoms with van der Waals surface area (Å²) in [6.07, 6.45) is -4.64. The fourth-order valence-corrected chi connectivity index (χ4v) is 1.21. The van der Waals surface area contributed by atoms with Crippen molar-refractivity contribution >= 4 is 11.9 Å². The van der Waals surface area contributed by atoms with E-state index in [1.807, 2.05) is 5.48 Å². The number of hydrogen-bond acceptors (Lipinski definition) is 3. The number of carboxylic acids is 1. The molecule has 0 radical (unpaired) electrons. The number of hydrogen-bond donors (Lipinski definition) is 2. The van der Waals surface area contributed by atoms with Crippen molar-refractivity contribution in [3.8, 4) is 0 Å². The third-order valence-electron chi connectivity index (χ3n) is 2.03. The summed E-state index contributed by atoms with van der Waals surface area (Å²) in [5.74, 6) is -1.91. The van der Waals surface area contributed by atoms with Gasteiger partial charge < -0.3 is 5.11 Å². The lowest BCUT2D eigenvalue weighted by molar-refractivity contribution is -0.149. The Balaban J connectivity index is 2.49. The molecule has 0 bridgehead atoms. The summed E-state index contributed by atoms with van der Waals surface area (Å²) in [6, 6.07) is 4.06. The number of amides is 1. The predicted octanol–water partition coefficient (Wildman–Crippen LogP) is 1.38. The molecule has 2 N–H and O–H groups in total. The zero-order chi connectivity index (χ0) is 14.5. The van der Waals surface area contributed by atoms with Gasteiger partial charge in [-0.05, 0) is 17.7 Å². The van der Waals surface area contributed by atoms with Crippen molar-refractivity contribution < 1.29 is 32.7 Å². The number of rotatable bonds is 5. The van der Waals surface area contributed by atoms with Crippen LogP contribution >= 0.6 is 0 Å². The number of carboxylic acid groups (broad SMARTS) is 1. The van der Waals surface area contributed by atoms with E-state index < -0.39 is 30.2 Å². The van der Waals surface area contributed by atoms with E-state index in [1.54, 1.807) is 0 Å². The van der Waals surface area contributed by atoms with Gasteiger partial charge in [0, 0.05) is 0 Å². The number of halogens is 3. The lowest BCUT2D eigenvalue weighted by atomic mass is 10.1. The molecule has 0 atom stereocenters. The molecule has 0 unspecified atom stereocenters. The predicted molar refractivity (Wildman–Crippen MR) is 56.9 cm³/mol. The molecular weight excluding hydrogens is 267 g/mol. The average molecular weight is 277 g/mol. The number of alkyl halides is 3. The Morgan fingerprint density at radius 2 is 1.79 bits per heavy atom. The van der Waals surface area contributed by atoms with Crippen LogP contribution in [0.3, 0.4) is 0 Å². The number of carbonyl (C=O) groups is 2. The van der Waals surface area contributed by atoms with Gasteiger partial charge in [-0.15, -0.1) is 0 Å². The molecule has 0 fully saturated rings. The van der Waals surface area contributed by atoms with Crippen LogP contribution in [0.25, 0.3) is 0 Å². The molecule has 0 aliphatic carbocycles.